The summed E-state index contributed by atoms with van der Waals surface area (Å²) in [5.41, 5.74) is 0.357. The Labute approximate surface area is 136 Å². The lowest BCUT2D eigenvalue weighted by Crippen LogP contribution is -2.40. The Morgan fingerprint density at radius 3 is 2.70 bits per heavy atom. The first kappa shape index (κ1) is 17.5. The third kappa shape index (κ3) is 5.08. The van der Waals surface area contributed by atoms with Crippen molar-refractivity contribution in [2.24, 2.45) is 0 Å². The van der Waals surface area contributed by atoms with E-state index in [1.54, 1.807) is 19.9 Å². The summed E-state index contributed by atoms with van der Waals surface area (Å²) in [5, 5.41) is 10.8. The normalized spacial score (nSPS) is 12.1. The van der Waals surface area contributed by atoms with E-state index in [1.165, 1.54) is 6.07 Å². The van der Waals surface area contributed by atoms with Crippen molar-refractivity contribution in [2.45, 2.75) is 33.3 Å². The quantitative estimate of drug-likeness (QED) is 0.795. The summed E-state index contributed by atoms with van der Waals surface area (Å²) in [6.45, 7) is 10.2. The minimum atomic E-state index is -0.722. The first-order chi connectivity index (χ1) is 10.8. The number of ether oxygens (including phenoxy) is 1. The van der Waals surface area contributed by atoms with Crippen LogP contribution in [0, 0.1) is 6.92 Å². The van der Waals surface area contributed by atoms with Crippen molar-refractivity contribution in [3.63, 3.8) is 0 Å². The zero-order valence-electron chi connectivity index (χ0n) is 14.3. The Kier molecular flexibility index (Phi) is 5.44. The molecule has 0 spiro atoms. The van der Waals surface area contributed by atoms with E-state index >= 15 is 0 Å². The van der Waals surface area contributed by atoms with Gasteiger partial charge in [-0.25, -0.2) is 4.79 Å². The van der Waals surface area contributed by atoms with Crippen LogP contribution in [0.4, 0.5) is 0 Å². The van der Waals surface area contributed by atoms with Crippen molar-refractivity contribution in [2.75, 3.05) is 26.2 Å². The molecule has 2 aromatic rings. The number of aliphatic hydroxyl groups is 1. The van der Waals surface area contributed by atoms with Gasteiger partial charge < -0.3 is 14.3 Å². The van der Waals surface area contributed by atoms with Crippen LogP contribution in [-0.2, 0) is 0 Å². The van der Waals surface area contributed by atoms with Crippen molar-refractivity contribution in [3.05, 3.63) is 40.2 Å². The van der Waals surface area contributed by atoms with Gasteiger partial charge in [0.25, 0.3) is 0 Å². The largest absolute Gasteiger partial charge is 0.492 e. The first-order valence-electron chi connectivity index (χ1n) is 7.90. The van der Waals surface area contributed by atoms with Crippen molar-refractivity contribution in [1.29, 1.82) is 0 Å². The van der Waals surface area contributed by atoms with Gasteiger partial charge in [-0.3, -0.25) is 4.90 Å². The molecule has 1 aromatic heterocycles. The van der Waals surface area contributed by atoms with Crippen LogP contribution in [0.3, 0.4) is 0 Å². The Morgan fingerprint density at radius 2 is 2.04 bits per heavy atom. The molecule has 1 aromatic carbocycles. The zero-order valence-corrected chi connectivity index (χ0v) is 14.3. The second-order valence-electron chi connectivity index (χ2n) is 6.44. The molecule has 0 fully saturated rings. The topological polar surface area (TPSA) is 62.9 Å². The molecule has 2 rings (SSSR count). The Bertz CT molecular complexity index is 715. The molecule has 126 valence electrons. The highest BCUT2D eigenvalue weighted by Crippen LogP contribution is 2.22. The molecule has 0 radical (unpaired) electrons. The van der Waals surface area contributed by atoms with Crippen molar-refractivity contribution in [3.8, 4) is 5.75 Å². The van der Waals surface area contributed by atoms with Crippen molar-refractivity contribution < 1.29 is 14.3 Å². The van der Waals surface area contributed by atoms with Gasteiger partial charge in [-0.1, -0.05) is 6.92 Å². The molecule has 0 bridgehead atoms. The van der Waals surface area contributed by atoms with Gasteiger partial charge in [-0.15, -0.1) is 0 Å². The number of likely N-dealkylation sites (N-methyl/N-ethyl adjacent to an activating group) is 1. The fourth-order valence-corrected chi connectivity index (χ4v) is 2.58. The third-order valence-electron chi connectivity index (χ3n) is 3.66. The summed E-state index contributed by atoms with van der Waals surface area (Å²) in [5.74, 6) is 0.672. The van der Waals surface area contributed by atoms with Crippen molar-refractivity contribution in [1.82, 2.24) is 4.90 Å². The van der Waals surface area contributed by atoms with Gasteiger partial charge in [0.1, 0.15) is 17.9 Å². The number of fused-ring (bicyclic) bond motifs is 1. The highest BCUT2D eigenvalue weighted by Gasteiger charge is 2.17. The van der Waals surface area contributed by atoms with Gasteiger partial charge in [0.15, 0.2) is 0 Å². The lowest BCUT2D eigenvalue weighted by Gasteiger charge is -2.27. The average Bonchev–Trinajstić information content (AvgIpc) is 2.44. The lowest BCUT2D eigenvalue weighted by molar-refractivity contribution is 0.0340. The molecule has 1 N–H and O–H groups in total. The molecule has 1 heterocycles. The number of benzene rings is 1. The predicted molar refractivity (Wildman–Crippen MR) is 91.1 cm³/mol. The van der Waals surface area contributed by atoms with E-state index in [1.807, 2.05) is 19.1 Å². The molecule has 0 aliphatic rings. The van der Waals surface area contributed by atoms with Gasteiger partial charge in [0, 0.05) is 30.6 Å². The van der Waals surface area contributed by atoms with E-state index in [9.17, 15) is 9.90 Å². The number of hydrogen-bond donors (Lipinski definition) is 1. The van der Waals surface area contributed by atoms with Crippen LogP contribution < -0.4 is 10.4 Å². The number of hydrogen-bond acceptors (Lipinski definition) is 5. The maximum Gasteiger partial charge on any atom is 0.336 e. The Morgan fingerprint density at radius 1 is 1.30 bits per heavy atom. The molecule has 23 heavy (non-hydrogen) atoms. The van der Waals surface area contributed by atoms with Gasteiger partial charge in [0.05, 0.1) is 5.60 Å². The summed E-state index contributed by atoms with van der Waals surface area (Å²) in [6, 6.07) is 7.01. The van der Waals surface area contributed by atoms with Crippen LogP contribution in [0.2, 0.25) is 0 Å². The second-order valence-corrected chi connectivity index (χ2v) is 6.44. The molecule has 0 unspecified atom stereocenters. The van der Waals surface area contributed by atoms with Gasteiger partial charge in [-0.2, -0.15) is 0 Å². The van der Waals surface area contributed by atoms with Crippen LogP contribution in [0.1, 0.15) is 26.3 Å². The van der Waals surface area contributed by atoms with Crippen molar-refractivity contribution >= 4 is 11.0 Å². The summed E-state index contributed by atoms with van der Waals surface area (Å²) in [6.07, 6.45) is 0. The molecular weight excluding hydrogens is 294 g/mol. The summed E-state index contributed by atoms with van der Waals surface area (Å²) >= 11 is 0. The Hall–Kier alpha value is -1.85. The molecule has 0 saturated heterocycles. The van der Waals surface area contributed by atoms with Gasteiger partial charge in [0.2, 0.25) is 0 Å². The zero-order chi connectivity index (χ0) is 17.0. The maximum absolute atomic E-state index is 11.5. The fourth-order valence-electron chi connectivity index (χ4n) is 2.58. The SMILES string of the molecule is CCN(CCOc1ccc2c(C)cc(=O)oc2c1)CC(C)(C)O. The fraction of sp³-hybridized carbons (Fsp3) is 0.500. The number of rotatable bonds is 7. The summed E-state index contributed by atoms with van der Waals surface area (Å²) in [7, 11) is 0. The van der Waals surface area contributed by atoms with Gasteiger partial charge in [-0.05, 0) is 45.0 Å². The molecular formula is C18H25NO4. The smallest absolute Gasteiger partial charge is 0.336 e. The molecule has 0 saturated carbocycles. The van der Waals surface area contributed by atoms with E-state index in [2.05, 4.69) is 11.8 Å². The van der Waals surface area contributed by atoms with E-state index < -0.39 is 5.60 Å². The molecule has 0 amide bonds. The van der Waals surface area contributed by atoms with Crippen LogP contribution >= 0.6 is 0 Å². The number of aryl methyl sites for hydroxylation is 1. The van der Waals surface area contributed by atoms with Gasteiger partial charge >= 0.3 is 5.63 Å². The predicted octanol–water partition coefficient (Wildman–Crippen LogP) is 2.57. The molecule has 0 atom stereocenters. The molecule has 5 nitrogen and oxygen atoms in total. The van der Waals surface area contributed by atoms with Crippen LogP contribution in [0.15, 0.2) is 33.5 Å². The van der Waals surface area contributed by atoms with E-state index in [0.29, 0.717) is 24.5 Å². The van der Waals surface area contributed by atoms with E-state index in [0.717, 1.165) is 24.0 Å². The van der Waals surface area contributed by atoms with E-state index in [4.69, 9.17) is 9.15 Å². The van der Waals surface area contributed by atoms with Crippen LogP contribution in [0.25, 0.3) is 11.0 Å². The highest BCUT2D eigenvalue weighted by molar-refractivity contribution is 5.81. The minimum Gasteiger partial charge on any atom is -0.492 e. The molecule has 0 aliphatic carbocycles. The first-order valence-corrected chi connectivity index (χ1v) is 7.90. The maximum atomic E-state index is 11.5. The lowest BCUT2D eigenvalue weighted by atomic mass is 10.1. The third-order valence-corrected chi connectivity index (χ3v) is 3.66. The molecule has 5 heteroatoms. The Balaban J connectivity index is 2.01. The number of nitrogens with zero attached hydrogens (tertiary/aromatic N) is 1. The average molecular weight is 319 g/mol. The van der Waals surface area contributed by atoms with Crippen LogP contribution in [0.5, 0.6) is 5.75 Å². The minimum absolute atomic E-state index is 0.352. The summed E-state index contributed by atoms with van der Waals surface area (Å²) in [4.78, 5) is 13.6. The molecule has 0 aliphatic heterocycles. The second kappa shape index (κ2) is 7.15. The summed E-state index contributed by atoms with van der Waals surface area (Å²) < 4.78 is 11.0. The van der Waals surface area contributed by atoms with Crippen LogP contribution in [-0.4, -0.2) is 41.8 Å². The monoisotopic (exact) mass is 319 g/mol. The standard InChI is InChI=1S/C18H25NO4/c1-5-19(12-18(3,4)21)8-9-22-14-6-7-15-13(2)10-17(20)23-16(15)11-14/h6-7,10-11,21H,5,8-9,12H2,1-4H3. The highest BCUT2D eigenvalue weighted by atomic mass is 16.5. The van der Waals surface area contributed by atoms with E-state index in [-0.39, 0.29) is 5.63 Å².